The molecule has 0 saturated heterocycles. The fourth-order valence-electron chi connectivity index (χ4n) is 2.91. The second kappa shape index (κ2) is 6.34. The van der Waals surface area contributed by atoms with Gasteiger partial charge in [-0.25, -0.2) is 0 Å². The predicted octanol–water partition coefficient (Wildman–Crippen LogP) is 4.39. The van der Waals surface area contributed by atoms with Gasteiger partial charge in [-0.05, 0) is 42.7 Å². The second-order valence-corrected chi connectivity index (χ2v) is 6.37. The highest BCUT2D eigenvalue weighted by molar-refractivity contribution is 6.40. The number of ketones is 1. The van der Waals surface area contributed by atoms with Gasteiger partial charge in [0.1, 0.15) is 0 Å². The van der Waals surface area contributed by atoms with E-state index in [1.54, 1.807) is 23.1 Å². The van der Waals surface area contributed by atoms with Crippen LogP contribution in [-0.4, -0.2) is 23.1 Å². The zero-order valence-corrected chi connectivity index (χ0v) is 14.1. The van der Waals surface area contributed by atoms with E-state index >= 15 is 0 Å². The number of hydrogen-bond donors (Lipinski definition) is 0. The molecule has 2 aromatic carbocycles. The Balaban J connectivity index is 1.93. The minimum atomic E-state index is -0.148. The molecule has 1 amide bonds. The molecule has 0 spiro atoms. The molecule has 2 aromatic rings. The third-order valence-corrected chi connectivity index (χ3v) is 4.78. The van der Waals surface area contributed by atoms with Gasteiger partial charge >= 0.3 is 0 Å². The van der Waals surface area contributed by atoms with Crippen molar-refractivity contribution in [2.75, 3.05) is 6.54 Å². The van der Waals surface area contributed by atoms with Crippen molar-refractivity contribution in [1.82, 2.24) is 4.90 Å². The van der Waals surface area contributed by atoms with E-state index in [-0.39, 0.29) is 11.7 Å². The van der Waals surface area contributed by atoms with Gasteiger partial charge in [-0.3, -0.25) is 9.59 Å². The van der Waals surface area contributed by atoms with Crippen molar-refractivity contribution in [2.24, 2.45) is 0 Å². The molecule has 1 aliphatic rings. The number of fused-ring (bicyclic) bond motifs is 1. The average Bonchev–Trinajstić information content (AvgIpc) is 2.54. The van der Waals surface area contributed by atoms with Crippen molar-refractivity contribution in [3.05, 3.63) is 68.7 Å². The average molecular weight is 348 g/mol. The van der Waals surface area contributed by atoms with Gasteiger partial charge in [0.05, 0.1) is 15.6 Å². The summed E-state index contributed by atoms with van der Waals surface area (Å²) in [5.74, 6) is -0.162. The summed E-state index contributed by atoms with van der Waals surface area (Å²) in [6.07, 6.45) is 0.615. The van der Waals surface area contributed by atoms with E-state index in [2.05, 4.69) is 0 Å². The van der Waals surface area contributed by atoms with Gasteiger partial charge in [-0.15, -0.1) is 0 Å². The van der Waals surface area contributed by atoms with Crippen molar-refractivity contribution in [1.29, 1.82) is 0 Å². The van der Waals surface area contributed by atoms with E-state index in [1.807, 2.05) is 18.2 Å². The van der Waals surface area contributed by atoms with E-state index in [4.69, 9.17) is 23.2 Å². The topological polar surface area (TPSA) is 37.4 Å². The van der Waals surface area contributed by atoms with Crippen LogP contribution in [0.15, 0.2) is 36.4 Å². The Bertz CT molecular complexity index is 787. The fourth-order valence-corrected chi connectivity index (χ4v) is 3.77. The Kier molecular flexibility index (Phi) is 4.42. The normalized spacial score (nSPS) is 13.6. The molecule has 0 fully saturated rings. The fraction of sp³-hybridized carbons (Fsp3) is 0.222. The molecule has 0 saturated carbocycles. The van der Waals surface area contributed by atoms with Crippen LogP contribution in [0.1, 0.15) is 38.8 Å². The van der Waals surface area contributed by atoms with Crippen LogP contribution in [0.5, 0.6) is 0 Å². The van der Waals surface area contributed by atoms with Crippen molar-refractivity contribution < 1.29 is 9.59 Å². The number of carbonyl (C=O) groups excluding carboxylic acids is 2. The van der Waals surface area contributed by atoms with Crippen molar-refractivity contribution in [3.8, 4) is 0 Å². The molecule has 118 valence electrons. The van der Waals surface area contributed by atoms with Crippen LogP contribution in [0.25, 0.3) is 0 Å². The van der Waals surface area contributed by atoms with E-state index < -0.39 is 0 Å². The van der Waals surface area contributed by atoms with Crippen LogP contribution >= 0.6 is 23.2 Å². The van der Waals surface area contributed by atoms with Crippen LogP contribution < -0.4 is 0 Å². The Morgan fingerprint density at radius 3 is 2.48 bits per heavy atom. The maximum atomic E-state index is 12.6. The minimum Gasteiger partial charge on any atom is -0.334 e. The van der Waals surface area contributed by atoms with Gasteiger partial charge in [-0.2, -0.15) is 0 Å². The Morgan fingerprint density at radius 2 is 1.83 bits per heavy atom. The molecule has 0 bridgehead atoms. The summed E-state index contributed by atoms with van der Waals surface area (Å²) in [5.41, 5.74) is 2.85. The Hall–Kier alpha value is -1.84. The molecule has 3 nitrogen and oxygen atoms in total. The summed E-state index contributed by atoms with van der Waals surface area (Å²) < 4.78 is 0. The number of hydrogen-bond acceptors (Lipinski definition) is 2. The lowest BCUT2D eigenvalue weighted by molar-refractivity contribution is 0.0734. The molecule has 0 atom stereocenters. The van der Waals surface area contributed by atoms with Gasteiger partial charge in [0, 0.05) is 18.7 Å². The first kappa shape index (κ1) is 16.0. The maximum absolute atomic E-state index is 12.6. The van der Waals surface area contributed by atoms with Gasteiger partial charge in [0.15, 0.2) is 5.78 Å². The molecule has 0 N–H and O–H groups in total. The van der Waals surface area contributed by atoms with Crippen molar-refractivity contribution in [3.63, 3.8) is 0 Å². The zero-order valence-electron chi connectivity index (χ0n) is 12.6. The van der Waals surface area contributed by atoms with Crippen LogP contribution in [0.4, 0.5) is 0 Å². The van der Waals surface area contributed by atoms with Crippen LogP contribution in [0, 0.1) is 0 Å². The Morgan fingerprint density at radius 1 is 1.13 bits per heavy atom. The first-order valence-electron chi connectivity index (χ1n) is 7.34. The highest BCUT2D eigenvalue weighted by Gasteiger charge is 2.26. The highest BCUT2D eigenvalue weighted by Crippen LogP contribution is 2.35. The Labute approximate surface area is 144 Å². The monoisotopic (exact) mass is 347 g/mol. The molecule has 5 heteroatoms. The summed E-state index contributed by atoms with van der Waals surface area (Å²) in [6.45, 7) is 2.47. The van der Waals surface area contributed by atoms with Gasteiger partial charge < -0.3 is 4.90 Å². The number of benzene rings is 2. The predicted molar refractivity (Wildman–Crippen MR) is 91.4 cm³/mol. The number of rotatable bonds is 2. The molecular weight excluding hydrogens is 333 g/mol. The molecule has 23 heavy (non-hydrogen) atoms. The third kappa shape index (κ3) is 2.99. The van der Waals surface area contributed by atoms with Gasteiger partial charge in [-0.1, -0.05) is 41.4 Å². The lowest BCUT2D eigenvalue weighted by atomic mass is 9.95. The number of nitrogens with zero attached hydrogens (tertiary/aromatic N) is 1. The number of halogens is 2. The molecule has 3 rings (SSSR count). The maximum Gasteiger partial charge on any atom is 0.254 e. The van der Waals surface area contributed by atoms with E-state index in [0.717, 1.165) is 11.1 Å². The SMILES string of the molecule is CC(=O)c1c(Cl)cc2c(c1Cl)CCN(C(=O)c1ccccc1)C2. The third-order valence-electron chi connectivity index (χ3n) is 4.06. The summed E-state index contributed by atoms with van der Waals surface area (Å²) in [6, 6.07) is 10.9. The molecular formula is C18H15Cl2NO2. The second-order valence-electron chi connectivity index (χ2n) is 5.58. The van der Waals surface area contributed by atoms with E-state index in [0.29, 0.717) is 40.7 Å². The summed E-state index contributed by atoms with van der Waals surface area (Å²) in [5, 5.41) is 0.766. The van der Waals surface area contributed by atoms with Crippen molar-refractivity contribution in [2.45, 2.75) is 19.9 Å². The molecule has 0 aromatic heterocycles. The number of Topliss-reactive ketones (excluding diaryl/α,β-unsaturated/α-hetero) is 1. The molecule has 0 aliphatic carbocycles. The molecule has 0 radical (unpaired) electrons. The summed E-state index contributed by atoms with van der Waals surface area (Å²) >= 11 is 12.6. The minimum absolute atomic E-state index is 0.0147. The summed E-state index contributed by atoms with van der Waals surface area (Å²) in [7, 11) is 0. The first-order chi connectivity index (χ1) is 11.0. The molecule has 1 heterocycles. The zero-order chi connectivity index (χ0) is 16.6. The number of carbonyl (C=O) groups is 2. The molecule has 1 aliphatic heterocycles. The largest absolute Gasteiger partial charge is 0.334 e. The van der Waals surface area contributed by atoms with Crippen LogP contribution in [0.2, 0.25) is 10.0 Å². The van der Waals surface area contributed by atoms with Gasteiger partial charge in [0.25, 0.3) is 5.91 Å². The number of amides is 1. The standard InChI is InChI=1S/C18H15Cl2NO2/c1-11(22)16-15(19)9-13-10-21(8-7-14(13)17(16)20)18(23)12-5-3-2-4-6-12/h2-6,9H,7-8,10H2,1H3. The van der Waals surface area contributed by atoms with Gasteiger partial charge in [0.2, 0.25) is 0 Å². The quantitative estimate of drug-likeness (QED) is 0.755. The van der Waals surface area contributed by atoms with Crippen LogP contribution in [0.3, 0.4) is 0 Å². The summed E-state index contributed by atoms with van der Waals surface area (Å²) in [4.78, 5) is 26.0. The lowest BCUT2D eigenvalue weighted by Gasteiger charge is -2.30. The van der Waals surface area contributed by atoms with E-state index in [1.165, 1.54) is 6.92 Å². The lowest BCUT2D eigenvalue weighted by Crippen LogP contribution is -2.36. The van der Waals surface area contributed by atoms with Crippen LogP contribution in [-0.2, 0) is 13.0 Å². The highest BCUT2D eigenvalue weighted by atomic mass is 35.5. The first-order valence-corrected chi connectivity index (χ1v) is 8.09. The van der Waals surface area contributed by atoms with E-state index in [9.17, 15) is 9.59 Å². The molecule has 0 unspecified atom stereocenters. The van der Waals surface area contributed by atoms with Crippen molar-refractivity contribution >= 4 is 34.9 Å². The smallest absolute Gasteiger partial charge is 0.254 e.